The van der Waals surface area contributed by atoms with Gasteiger partial charge in [0.15, 0.2) is 0 Å². The minimum absolute atomic E-state index is 0.0205. The molecule has 39 heavy (non-hydrogen) atoms. The first-order valence-electron chi connectivity index (χ1n) is 14.0. The molecular formula is C28H41ClN2O7S. The minimum atomic E-state index is -3.85. The number of nitrogens with zero attached hydrogens (tertiary/aromatic N) is 1. The van der Waals surface area contributed by atoms with Crippen LogP contribution in [0.4, 0.5) is 5.69 Å². The Morgan fingerprint density at radius 3 is 1.95 bits per heavy atom. The van der Waals surface area contributed by atoms with Crippen molar-refractivity contribution in [3.63, 3.8) is 0 Å². The fourth-order valence-corrected chi connectivity index (χ4v) is 5.57. The zero-order valence-electron chi connectivity index (χ0n) is 22.8. The average Bonchev–Trinajstić information content (AvgIpc) is 2.85. The number of cyclic esters (lactones) is 2. The molecule has 1 heterocycles. The molecule has 0 amide bonds. The van der Waals surface area contributed by atoms with E-state index in [4.69, 9.17) is 30.5 Å². The molecule has 0 spiro atoms. The number of esters is 2. The number of ether oxygens (including phenoxy) is 2. The van der Waals surface area contributed by atoms with Crippen LogP contribution in [0.2, 0.25) is 5.02 Å². The Bertz CT molecular complexity index is 1060. The Hall–Kier alpha value is -2.51. The maximum atomic E-state index is 12.5. The van der Waals surface area contributed by atoms with Crippen molar-refractivity contribution in [3.8, 4) is 11.8 Å². The second-order valence-corrected chi connectivity index (χ2v) is 12.0. The summed E-state index contributed by atoms with van der Waals surface area (Å²) in [5.74, 6) is -3.95. The Labute approximate surface area is 237 Å². The van der Waals surface area contributed by atoms with Crippen LogP contribution in [0.3, 0.4) is 0 Å². The molecule has 0 unspecified atom stereocenters. The van der Waals surface area contributed by atoms with Crippen LogP contribution in [0.1, 0.15) is 110 Å². The molecule has 1 aliphatic heterocycles. The second kappa shape index (κ2) is 17.2. The van der Waals surface area contributed by atoms with Gasteiger partial charge < -0.3 is 19.0 Å². The van der Waals surface area contributed by atoms with Crippen LogP contribution in [0.5, 0.6) is 5.75 Å². The summed E-state index contributed by atoms with van der Waals surface area (Å²) in [7, 11) is -3.85. The molecule has 0 radical (unpaired) electrons. The van der Waals surface area contributed by atoms with Crippen molar-refractivity contribution in [3.05, 3.63) is 23.2 Å². The third kappa shape index (κ3) is 12.9. The second-order valence-electron chi connectivity index (χ2n) is 9.92. The quantitative estimate of drug-likeness (QED) is 0.0744. The predicted octanol–water partition coefficient (Wildman–Crippen LogP) is 7.00. The Balaban J connectivity index is 1.72. The molecule has 1 aromatic rings. The number of anilines is 1. The van der Waals surface area contributed by atoms with E-state index in [0.29, 0.717) is 6.42 Å². The van der Waals surface area contributed by atoms with Crippen molar-refractivity contribution in [1.82, 2.24) is 0 Å². The largest absolute Gasteiger partial charge is 0.402 e. The van der Waals surface area contributed by atoms with Gasteiger partial charge >= 0.3 is 28.0 Å². The highest BCUT2D eigenvalue weighted by Crippen LogP contribution is 2.33. The van der Waals surface area contributed by atoms with E-state index in [9.17, 15) is 18.0 Å². The number of nitrogens with one attached hydrogen (secondary N) is 1. The molecule has 1 N–H and O–H groups in total. The summed E-state index contributed by atoms with van der Waals surface area (Å²) in [6.07, 6.45) is 15.3. The van der Waals surface area contributed by atoms with Gasteiger partial charge in [0.05, 0.1) is 22.5 Å². The summed E-state index contributed by atoms with van der Waals surface area (Å²) in [6, 6.07) is 5.83. The molecule has 218 valence electrons. The summed E-state index contributed by atoms with van der Waals surface area (Å²) < 4.78 is 40.4. The molecule has 0 saturated carbocycles. The van der Waals surface area contributed by atoms with Crippen molar-refractivity contribution >= 4 is 39.3 Å². The number of hydrogen-bond donors (Lipinski definition) is 1. The average molecular weight is 585 g/mol. The van der Waals surface area contributed by atoms with Gasteiger partial charge in [-0.05, 0) is 18.6 Å². The number of carbonyl (C=O) groups excluding carboxylic acids is 2. The fourth-order valence-electron chi connectivity index (χ4n) is 4.37. The first-order valence-corrected chi connectivity index (χ1v) is 15.9. The van der Waals surface area contributed by atoms with Gasteiger partial charge in [0, 0.05) is 6.07 Å². The maximum Gasteiger partial charge on any atom is 0.353 e. The molecular weight excluding hydrogens is 544 g/mol. The molecule has 11 heteroatoms. The molecule has 2 rings (SSSR count). The first kappa shape index (κ1) is 32.7. The van der Waals surface area contributed by atoms with Crippen LogP contribution in [0.25, 0.3) is 0 Å². The van der Waals surface area contributed by atoms with Crippen LogP contribution in [0, 0.1) is 11.3 Å². The van der Waals surface area contributed by atoms with Gasteiger partial charge in [0.2, 0.25) is 0 Å². The minimum Gasteiger partial charge on any atom is -0.402 e. The third-order valence-corrected chi connectivity index (χ3v) is 7.96. The number of carbonyl (C=O) groups is 2. The fraction of sp³-hybridized carbons (Fsp3) is 0.679. The number of unbranched alkanes of at least 4 members (excludes halogenated alkanes) is 13. The molecule has 0 aromatic heterocycles. The standard InChI is InChI=1S/C28H41ClN2O7S/c1-2-3-4-5-6-7-8-9-10-11-12-13-14-15-20-39(34,35)38-23-16-17-24(29)25(21-23)31-28(18-19-30)36-26(32)22-27(33)37-28/h16-17,21,31H,2-15,18,20,22H2,1H3. The van der Waals surface area contributed by atoms with E-state index >= 15 is 0 Å². The first-order chi connectivity index (χ1) is 18.7. The van der Waals surface area contributed by atoms with Gasteiger partial charge in [0.1, 0.15) is 18.6 Å². The highest BCUT2D eigenvalue weighted by atomic mass is 35.5. The zero-order valence-corrected chi connectivity index (χ0v) is 24.4. The number of nitriles is 1. The van der Waals surface area contributed by atoms with Crippen molar-refractivity contribution in [2.75, 3.05) is 11.1 Å². The number of halogens is 1. The van der Waals surface area contributed by atoms with Crippen molar-refractivity contribution in [2.24, 2.45) is 0 Å². The lowest BCUT2D eigenvalue weighted by atomic mass is 10.0. The van der Waals surface area contributed by atoms with E-state index in [1.807, 2.05) is 0 Å². The van der Waals surface area contributed by atoms with Crippen molar-refractivity contribution < 1.29 is 31.7 Å². The number of benzene rings is 1. The van der Waals surface area contributed by atoms with Gasteiger partial charge in [-0.15, -0.1) is 0 Å². The summed E-state index contributed by atoms with van der Waals surface area (Å²) in [5, 5.41) is 11.9. The number of hydrogen-bond acceptors (Lipinski definition) is 9. The van der Waals surface area contributed by atoms with Crippen LogP contribution in [0.15, 0.2) is 18.2 Å². The van der Waals surface area contributed by atoms with E-state index in [-0.39, 0.29) is 22.2 Å². The summed E-state index contributed by atoms with van der Waals surface area (Å²) in [4.78, 5) is 23.5. The third-order valence-electron chi connectivity index (χ3n) is 6.39. The van der Waals surface area contributed by atoms with E-state index in [1.54, 1.807) is 6.07 Å². The lowest BCUT2D eigenvalue weighted by Crippen LogP contribution is -2.51. The normalized spacial score (nSPS) is 14.8. The highest BCUT2D eigenvalue weighted by molar-refractivity contribution is 7.87. The molecule has 1 aliphatic rings. The monoisotopic (exact) mass is 584 g/mol. The Kier molecular flexibility index (Phi) is 14.5. The van der Waals surface area contributed by atoms with E-state index in [0.717, 1.165) is 19.3 Å². The van der Waals surface area contributed by atoms with Crippen LogP contribution in [-0.4, -0.2) is 32.0 Å². The van der Waals surface area contributed by atoms with E-state index in [2.05, 4.69) is 12.2 Å². The lowest BCUT2D eigenvalue weighted by Gasteiger charge is -2.35. The molecule has 0 aliphatic carbocycles. The Morgan fingerprint density at radius 1 is 0.923 bits per heavy atom. The van der Waals surface area contributed by atoms with Gasteiger partial charge in [-0.25, -0.2) is 0 Å². The zero-order chi connectivity index (χ0) is 28.6. The van der Waals surface area contributed by atoms with E-state index < -0.39 is 40.8 Å². The van der Waals surface area contributed by atoms with Gasteiger partial charge in [-0.1, -0.05) is 102 Å². The Morgan fingerprint density at radius 2 is 1.44 bits per heavy atom. The highest BCUT2D eigenvalue weighted by Gasteiger charge is 2.44. The van der Waals surface area contributed by atoms with Crippen LogP contribution in [-0.2, 0) is 29.2 Å². The topological polar surface area (TPSA) is 132 Å². The molecule has 1 saturated heterocycles. The van der Waals surface area contributed by atoms with E-state index in [1.165, 1.54) is 82.4 Å². The molecule has 9 nitrogen and oxygen atoms in total. The van der Waals surface area contributed by atoms with Gasteiger partial charge in [0.25, 0.3) is 0 Å². The molecule has 1 aromatic carbocycles. The molecule has 0 bridgehead atoms. The van der Waals surface area contributed by atoms with Crippen LogP contribution >= 0.6 is 11.6 Å². The maximum absolute atomic E-state index is 12.5. The van der Waals surface area contributed by atoms with Gasteiger partial charge in [-0.2, -0.15) is 13.7 Å². The van der Waals surface area contributed by atoms with Crippen LogP contribution < -0.4 is 9.50 Å². The predicted molar refractivity (Wildman–Crippen MR) is 150 cm³/mol. The summed E-state index contributed by atoms with van der Waals surface area (Å²) in [6.45, 7) is 2.24. The summed E-state index contributed by atoms with van der Waals surface area (Å²) >= 11 is 6.19. The summed E-state index contributed by atoms with van der Waals surface area (Å²) in [5.41, 5.74) is 0.0682. The SMILES string of the molecule is CCCCCCCCCCCCCCCCS(=O)(=O)Oc1ccc(Cl)c(NC2(CC#N)OC(=O)CC(=O)O2)c1. The number of rotatable bonds is 20. The van der Waals surface area contributed by atoms with Crippen molar-refractivity contribution in [2.45, 2.75) is 116 Å². The molecule has 0 atom stereocenters. The van der Waals surface area contributed by atoms with Crippen molar-refractivity contribution in [1.29, 1.82) is 5.26 Å². The molecule has 1 fully saturated rings. The smallest absolute Gasteiger partial charge is 0.353 e. The van der Waals surface area contributed by atoms with Gasteiger partial charge in [-0.3, -0.25) is 9.59 Å². The lowest BCUT2D eigenvalue weighted by molar-refractivity contribution is -0.232.